The van der Waals surface area contributed by atoms with Gasteiger partial charge in [-0.15, -0.1) is 0 Å². The zero-order valence-corrected chi connectivity index (χ0v) is 20.5. The van der Waals surface area contributed by atoms with Crippen LogP contribution < -0.4 is 15.4 Å². The molecule has 3 aromatic carbocycles. The Morgan fingerprint density at radius 2 is 1.60 bits per heavy atom. The Morgan fingerprint density at radius 1 is 0.886 bits per heavy atom. The molecule has 0 atom stereocenters. The monoisotopic (exact) mass is 466 g/mol. The summed E-state index contributed by atoms with van der Waals surface area (Å²) in [7, 11) is 0. The second-order valence-corrected chi connectivity index (χ2v) is 9.44. The molecule has 2 N–H and O–H groups in total. The van der Waals surface area contributed by atoms with E-state index in [1.54, 1.807) is 6.33 Å². The van der Waals surface area contributed by atoms with Gasteiger partial charge in [-0.25, -0.2) is 9.97 Å². The predicted octanol–water partition coefficient (Wildman–Crippen LogP) is 6.51. The molecular weight excluding hydrogens is 436 g/mol. The molecule has 0 aliphatic carbocycles. The second kappa shape index (κ2) is 10.4. The molecule has 1 aromatic heterocycles. The van der Waals surface area contributed by atoms with Crippen LogP contribution in [-0.4, -0.2) is 22.5 Å². The number of carbonyl (C=O) groups is 1. The van der Waals surface area contributed by atoms with E-state index in [2.05, 4.69) is 54.4 Å². The highest BCUT2D eigenvalue weighted by molar-refractivity contribution is 5.92. The summed E-state index contributed by atoms with van der Waals surface area (Å²) in [6.45, 7) is 8.39. The third-order valence-corrected chi connectivity index (χ3v) is 5.48. The molecule has 4 rings (SSSR count). The van der Waals surface area contributed by atoms with Crippen molar-refractivity contribution in [2.24, 2.45) is 0 Å². The Labute approximate surface area is 206 Å². The number of nitrogens with zero attached hydrogens (tertiary/aromatic N) is 2. The Morgan fingerprint density at radius 3 is 2.31 bits per heavy atom. The zero-order valence-electron chi connectivity index (χ0n) is 20.5. The first-order valence-electron chi connectivity index (χ1n) is 11.6. The molecule has 178 valence electrons. The molecule has 4 aromatic rings. The number of aromatic nitrogens is 2. The standard InChI is InChI=1S/C29H30N4O2/c1-20-10-15-26(24(16-20)29(2,3)4)35-18-28(34)33-23-13-11-22(12-14-23)32-27-17-25(30-19-31-27)21-8-6-5-7-9-21/h5-17,19H,18H2,1-4H3,(H,33,34)(H,30,31,32). The lowest BCUT2D eigenvalue weighted by molar-refractivity contribution is -0.118. The number of hydrogen-bond donors (Lipinski definition) is 2. The van der Waals surface area contributed by atoms with Crippen molar-refractivity contribution in [3.8, 4) is 17.0 Å². The minimum Gasteiger partial charge on any atom is -0.483 e. The summed E-state index contributed by atoms with van der Waals surface area (Å²) >= 11 is 0. The topological polar surface area (TPSA) is 76.1 Å². The number of nitrogens with one attached hydrogen (secondary N) is 2. The molecule has 0 aliphatic rings. The van der Waals surface area contributed by atoms with Crippen LogP contribution in [0.4, 0.5) is 17.2 Å². The van der Waals surface area contributed by atoms with Crippen LogP contribution in [0.2, 0.25) is 0 Å². The van der Waals surface area contributed by atoms with Crippen LogP contribution in [0.15, 0.2) is 85.2 Å². The van der Waals surface area contributed by atoms with Gasteiger partial charge in [0.05, 0.1) is 5.69 Å². The minimum absolute atomic E-state index is 0.0602. The summed E-state index contributed by atoms with van der Waals surface area (Å²) in [5.74, 6) is 1.21. The number of ether oxygens (including phenoxy) is 1. The zero-order chi connectivity index (χ0) is 24.8. The number of aryl methyl sites for hydroxylation is 1. The van der Waals surface area contributed by atoms with Gasteiger partial charge < -0.3 is 15.4 Å². The maximum Gasteiger partial charge on any atom is 0.262 e. The van der Waals surface area contributed by atoms with Crippen molar-refractivity contribution >= 4 is 23.1 Å². The van der Waals surface area contributed by atoms with E-state index in [1.165, 1.54) is 5.56 Å². The number of rotatable bonds is 7. The lowest BCUT2D eigenvalue weighted by atomic mass is 9.85. The van der Waals surface area contributed by atoms with E-state index in [0.717, 1.165) is 28.3 Å². The maximum absolute atomic E-state index is 12.5. The van der Waals surface area contributed by atoms with Crippen molar-refractivity contribution in [2.75, 3.05) is 17.2 Å². The molecule has 0 aliphatic heterocycles. The van der Waals surface area contributed by atoms with E-state index in [-0.39, 0.29) is 17.9 Å². The molecule has 1 heterocycles. The third-order valence-electron chi connectivity index (χ3n) is 5.48. The molecule has 0 unspecified atom stereocenters. The molecule has 6 heteroatoms. The van der Waals surface area contributed by atoms with Crippen LogP contribution in [-0.2, 0) is 10.2 Å². The second-order valence-electron chi connectivity index (χ2n) is 9.44. The average molecular weight is 467 g/mol. The summed E-state index contributed by atoms with van der Waals surface area (Å²) in [4.78, 5) is 21.1. The number of hydrogen-bond acceptors (Lipinski definition) is 5. The van der Waals surface area contributed by atoms with Crippen molar-refractivity contribution in [1.29, 1.82) is 0 Å². The highest BCUT2D eigenvalue weighted by Crippen LogP contribution is 2.32. The van der Waals surface area contributed by atoms with E-state index in [0.29, 0.717) is 11.5 Å². The Balaban J connectivity index is 1.35. The normalized spacial score (nSPS) is 11.1. The van der Waals surface area contributed by atoms with Gasteiger partial charge in [-0.2, -0.15) is 0 Å². The fourth-order valence-corrected chi connectivity index (χ4v) is 3.67. The average Bonchev–Trinajstić information content (AvgIpc) is 2.85. The van der Waals surface area contributed by atoms with Crippen molar-refractivity contribution in [1.82, 2.24) is 9.97 Å². The Kier molecular flexibility index (Phi) is 7.11. The molecule has 0 fully saturated rings. The summed E-state index contributed by atoms with van der Waals surface area (Å²) in [5.41, 5.74) is 5.59. The number of carbonyl (C=O) groups excluding carboxylic acids is 1. The molecular formula is C29H30N4O2. The van der Waals surface area contributed by atoms with E-state index in [9.17, 15) is 4.79 Å². The van der Waals surface area contributed by atoms with Crippen molar-refractivity contribution in [3.63, 3.8) is 0 Å². The van der Waals surface area contributed by atoms with E-state index in [4.69, 9.17) is 4.74 Å². The SMILES string of the molecule is Cc1ccc(OCC(=O)Nc2ccc(Nc3cc(-c4ccccc4)ncn3)cc2)c(C(C)(C)C)c1. The number of amides is 1. The lowest BCUT2D eigenvalue weighted by Crippen LogP contribution is -2.22. The molecule has 1 amide bonds. The van der Waals surface area contributed by atoms with Gasteiger partial charge in [0.1, 0.15) is 17.9 Å². The summed E-state index contributed by atoms with van der Waals surface area (Å²) in [5, 5.41) is 6.16. The van der Waals surface area contributed by atoms with Crippen molar-refractivity contribution < 1.29 is 9.53 Å². The molecule has 0 spiro atoms. The molecule has 0 bridgehead atoms. The third kappa shape index (κ3) is 6.44. The van der Waals surface area contributed by atoms with Gasteiger partial charge in [0.2, 0.25) is 0 Å². The first kappa shape index (κ1) is 24.0. The van der Waals surface area contributed by atoms with Crippen LogP contribution in [0, 0.1) is 6.92 Å². The van der Waals surface area contributed by atoms with Gasteiger partial charge in [0, 0.05) is 23.0 Å². The predicted molar refractivity (Wildman–Crippen MR) is 141 cm³/mol. The highest BCUT2D eigenvalue weighted by Gasteiger charge is 2.19. The van der Waals surface area contributed by atoms with Gasteiger partial charge in [0.15, 0.2) is 6.61 Å². The first-order valence-corrected chi connectivity index (χ1v) is 11.6. The molecule has 35 heavy (non-hydrogen) atoms. The van der Waals surface area contributed by atoms with Gasteiger partial charge in [-0.1, -0.05) is 68.8 Å². The summed E-state index contributed by atoms with van der Waals surface area (Å²) in [6.07, 6.45) is 1.54. The quantitative estimate of drug-likeness (QED) is 0.325. The highest BCUT2D eigenvalue weighted by atomic mass is 16.5. The summed E-state index contributed by atoms with van der Waals surface area (Å²) in [6, 6.07) is 25.3. The Hall–Kier alpha value is -4.19. The maximum atomic E-state index is 12.5. The number of anilines is 3. The van der Waals surface area contributed by atoms with Gasteiger partial charge >= 0.3 is 0 Å². The first-order chi connectivity index (χ1) is 16.8. The Bertz CT molecular complexity index is 1300. The van der Waals surface area contributed by atoms with Gasteiger partial charge in [-0.05, 0) is 48.2 Å². The van der Waals surface area contributed by atoms with Crippen LogP contribution >= 0.6 is 0 Å². The van der Waals surface area contributed by atoms with Crippen LogP contribution in [0.5, 0.6) is 5.75 Å². The van der Waals surface area contributed by atoms with Crippen molar-refractivity contribution in [3.05, 3.63) is 96.3 Å². The number of benzene rings is 3. The van der Waals surface area contributed by atoms with E-state index < -0.39 is 0 Å². The van der Waals surface area contributed by atoms with Crippen LogP contribution in [0.1, 0.15) is 31.9 Å². The molecule has 6 nitrogen and oxygen atoms in total. The smallest absolute Gasteiger partial charge is 0.262 e. The minimum atomic E-state index is -0.213. The fourth-order valence-electron chi connectivity index (χ4n) is 3.67. The lowest BCUT2D eigenvalue weighted by Gasteiger charge is -2.23. The molecule has 0 radical (unpaired) electrons. The van der Waals surface area contributed by atoms with Gasteiger partial charge in [0.25, 0.3) is 5.91 Å². The fraction of sp³-hybridized carbons (Fsp3) is 0.207. The van der Waals surface area contributed by atoms with Crippen molar-refractivity contribution in [2.45, 2.75) is 33.1 Å². The molecule has 0 saturated carbocycles. The molecule has 0 saturated heterocycles. The van der Waals surface area contributed by atoms with E-state index >= 15 is 0 Å². The van der Waals surface area contributed by atoms with Crippen LogP contribution in [0.25, 0.3) is 11.3 Å². The summed E-state index contributed by atoms with van der Waals surface area (Å²) < 4.78 is 5.86. The van der Waals surface area contributed by atoms with Crippen LogP contribution in [0.3, 0.4) is 0 Å². The largest absolute Gasteiger partial charge is 0.483 e. The van der Waals surface area contributed by atoms with Gasteiger partial charge in [-0.3, -0.25) is 4.79 Å². The van der Waals surface area contributed by atoms with E-state index in [1.807, 2.05) is 72.8 Å².